The van der Waals surface area contributed by atoms with Crippen LogP contribution in [0.15, 0.2) is 55.1 Å². The number of aromatic nitrogens is 2. The molecule has 0 saturated carbocycles. The zero-order valence-electron chi connectivity index (χ0n) is 12.4. The Hall–Kier alpha value is -3.15. The number of amides is 1. The molecule has 2 aromatic heterocycles. The highest BCUT2D eigenvalue weighted by molar-refractivity contribution is 5.86. The molecule has 2 heterocycles. The van der Waals surface area contributed by atoms with E-state index in [1.54, 1.807) is 12.4 Å². The number of fused-ring (bicyclic) bond motifs is 1. The SMILES string of the molecule is O=C(O)NCCNc1cncc(-c2ccc3cnccc3c2)c1. The number of rotatable bonds is 5. The molecule has 0 aliphatic carbocycles. The fourth-order valence-electron chi connectivity index (χ4n) is 2.33. The Balaban J connectivity index is 1.76. The van der Waals surface area contributed by atoms with Gasteiger partial charge in [0.05, 0.1) is 5.69 Å². The zero-order valence-corrected chi connectivity index (χ0v) is 12.4. The summed E-state index contributed by atoms with van der Waals surface area (Å²) in [6.45, 7) is 0.837. The van der Waals surface area contributed by atoms with Gasteiger partial charge in [0, 0.05) is 48.8 Å². The van der Waals surface area contributed by atoms with Gasteiger partial charge in [-0.25, -0.2) is 4.79 Å². The van der Waals surface area contributed by atoms with Gasteiger partial charge >= 0.3 is 6.09 Å². The first-order valence-electron chi connectivity index (χ1n) is 7.22. The van der Waals surface area contributed by atoms with Crippen molar-refractivity contribution < 1.29 is 9.90 Å². The van der Waals surface area contributed by atoms with Gasteiger partial charge in [-0.15, -0.1) is 0 Å². The summed E-state index contributed by atoms with van der Waals surface area (Å²) in [4.78, 5) is 18.8. The molecule has 0 aliphatic heterocycles. The molecule has 0 spiro atoms. The van der Waals surface area contributed by atoms with Gasteiger partial charge in [0.15, 0.2) is 0 Å². The van der Waals surface area contributed by atoms with Crippen LogP contribution in [0.4, 0.5) is 10.5 Å². The Morgan fingerprint density at radius 2 is 1.87 bits per heavy atom. The molecule has 3 N–H and O–H groups in total. The van der Waals surface area contributed by atoms with E-state index in [0.717, 1.165) is 27.6 Å². The summed E-state index contributed by atoms with van der Waals surface area (Å²) in [5.74, 6) is 0. The first kappa shape index (κ1) is 14.8. The van der Waals surface area contributed by atoms with E-state index >= 15 is 0 Å². The van der Waals surface area contributed by atoms with E-state index in [1.165, 1.54) is 0 Å². The van der Waals surface area contributed by atoms with Gasteiger partial charge in [-0.1, -0.05) is 12.1 Å². The third kappa shape index (κ3) is 3.74. The Labute approximate surface area is 133 Å². The number of hydrogen-bond donors (Lipinski definition) is 3. The van der Waals surface area contributed by atoms with E-state index in [4.69, 9.17) is 5.11 Å². The Morgan fingerprint density at radius 1 is 0.957 bits per heavy atom. The first-order valence-corrected chi connectivity index (χ1v) is 7.22. The van der Waals surface area contributed by atoms with Crippen LogP contribution in [-0.2, 0) is 0 Å². The van der Waals surface area contributed by atoms with E-state index < -0.39 is 6.09 Å². The van der Waals surface area contributed by atoms with Crippen molar-refractivity contribution in [3.8, 4) is 11.1 Å². The topological polar surface area (TPSA) is 87.1 Å². The average molecular weight is 308 g/mol. The summed E-state index contributed by atoms with van der Waals surface area (Å²) >= 11 is 0. The third-order valence-electron chi connectivity index (χ3n) is 3.44. The van der Waals surface area contributed by atoms with Gasteiger partial charge in [0.2, 0.25) is 0 Å². The van der Waals surface area contributed by atoms with Crippen LogP contribution in [0.25, 0.3) is 21.9 Å². The van der Waals surface area contributed by atoms with Crippen LogP contribution in [0.1, 0.15) is 0 Å². The van der Waals surface area contributed by atoms with Crippen molar-refractivity contribution in [2.45, 2.75) is 0 Å². The number of benzene rings is 1. The number of pyridine rings is 2. The molecular formula is C17H16N4O2. The summed E-state index contributed by atoms with van der Waals surface area (Å²) in [5.41, 5.74) is 2.92. The summed E-state index contributed by atoms with van der Waals surface area (Å²) in [6.07, 6.45) is 6.12. The lowest BCUT2D eigenvalue weighted by Gasteiger charge is -2.08. The molecule has 0 aliphatic rings. The fourth-order valence-corrected chi connectivity index (χ4v) is 2.33. The molecule has 0 fully saturated rings. The molecule has 1 aromatic carbocycles. The molecule has 23 heavy (non-hydrogen) atoms. The predicted molar refractivity (Wildman–Crippen MR) is 89.5 cm³/mol. The minimum Gasteiger partial charge on any atom is -0.465 e. The minimum atomic E-state index is -1.02. The van der Waals surface area contributed by atoms with E-state index in [1.807, 2.05) is 36.7 Å². The molecule has 3 aromatic rings. The second kappa shape index (κ2) is 6.74. The normalized spacial score (nSPS) is 10.4. The maximum atomic E-state index is 10.4. The molecule has 0 bridgehead atoms. The molecule has 6 heteroatoms. The maximum Gasteiger partial charge on any atom is 0.404 e. The zero-order chi connectivity index (χ0) is 16.1. The minimum absolute atomic E-state index is 0.336. The lowest BCUT2D eigenvalue weighted by molar-refractivity contribution is 0.195. The summed E-state index contributed by atoms with van der Waals surface area (Å²) in [6, 6.07) is 10.1. The molecule has 116 valence electrons. The van der Waals surface area contributed by atoms with Crippen molar-refractivity contribution in [3.63, 3.8) is 0 Å². The van der Waals surface area contributed by atoms with Crippen LogP contribution in [0.3, 0.4) is 0 Å². The quantitative estimate of drug-likeness (QED) is 0.631. The largest absolute Gasteiger partial charge is 0.465 e. The number of nitrogens with zero attached hydrogens (tertiary/aromatic N) is 2. The van der Waals surface area contributed by atoms with E-state index in [2.05, 4.69) is 26.7 Å². The van der Waals surface area contributed by atoms with Crippen LogP contribution in [0, 0.1) is 0 Å². The Bertz CT molecular complexity index is 835. The van der Waals surface area contributed by atoms with Crippen molar-refractivity contribution in [1.29, 1.82) is 0 Å². The predicted octanol–water partition coefficient (Wildman–Crippen LogP) is 2.98. The smallest absolute Gasteiger partial charge is 0.404 e. The summed E-state index contributed by atoms with van der Waals surface area (Å²) in [5, 5.41) is 16.2. The van der Waals surface area contributed by atoms with Gasteiger partial charge in [0.1, 0.15) is 0 Å². The molecule has 1 amide bonds. The van der Waals surface area contributed by atoms with Crippen LogP contribution in [-0.4, -0.2) is 34.3 Å². The van der Waals surface area contributed by atoms with Crippen LogP contribution >= 0.6 is 0 Å². The Kier molecular flexibility index (Phi) is 4.33. The molecule has 3 rings (SSSR count). The van der Waals surface area contributed by atoms with E-state index in [-0.39, 0.29) is 0 Å². The summed E-state index contributed by atoms with van der Waals surface area (Å²) < 4.78 is 0. The van der Waals surface area contributed by atoms with Crippen LogP contribution in [0.2, 0.25) is 0 Å². The Morgan fingerprint density at radius 3 is 2.74 bits per heavy atom. The van der Waals surface area contributed by atoms with Crippen molar-refractivity contribution in [3.05, 3.63) is 55.1 Å². The second-order valence-electron chi connectivity index (χ2n) is 5.06. The van der Waals surface area contributed by atoms with Gasteiger partial charge in [-0.2, -0.15) is 0 Å². The van der Waals surface area contributed by atoms with Crippen molar-refractivity contribution in [2.24, 2.45) is 0 Å². The highest BCUT2D eigenvalue weighted by Gasteiger charge is 2.02. The monoisotopic (exact) mass is 308 g/mol. The molecule has 6 nitrogen and oxygen atoms in total. The van der Waals surface area contributed by atoms with Crippen molar-refractivity contribution >= 4 is 22.6 Å². The fraction of sp³-hybridized carbons (Fsp3) is 0.118. The van der Waals surface area contributed by atoms with Gasteiger partial charge in [-0.3, -0.25) is 9.97 Å². The third-order valence-corrected chi connectivity index (χ3v) is 3.44. The first-order chi connectivity index (χ1) is 11.2. The number of carbonyl (C=O) groups is 1. The maximum absolute atomic E-state index is 10.4. The van der Waals surface area contributed by atoms with Gasteiger partial charge in [0.25, 0.3) is 0 Å². The molecule has 0 atom stereocenters. The van der Waals surface area contributed by atoms with E-state index in [0.29, 0.717) is 13.1 Å². The molecule has 0 saturated heterocycles. The number of carboxylic acid groups (broad SMARTS) is 1. The van der Waals surface area contributed by atoms with E-state index in [9.17, 15) is 4.79 Å². The van der Waals surface area contributed by atoms with Crippen LogP contribution in [0.5, 0.6) is 0 Å². The highest BCUT2D eigenvalue weighted by atomic mass is 16.4. The van der Waals surface area contributed by atoms with Crippen molar-refractivity contribution in [2.75, 3.05) is 18.4 Å². The highest BCUT2D eigenvalue weighted by Crippen LogP contribution is 2.25. The average Bonchev–Trinajstić information content (AvgIpc) is 2.58. The lowest BCUT2D eigenvalue weighted by Crippen LogP contribution is -2.26. The van der Waals surface area contributed by atoms with Gasteiger partial charge < -0.3 is 15.7 Å². The lowest BCUT2D eigenvalue weighted by atomic mass is 10.0. The number of anilines is 1. The molecule has 0 radical (unpaired) electrons. The van der Waals surface area contributed by atoms with Crippen molar-refractivity contribution in [1.82, 2.24) is 15.3 Å². The molecule has 0 unspecified atom stereocenters. The molecular weight excluding hydrogens is 292 g/mol. The second-order valence-corrected chi connectivity index (χ2v) is 5.06. The van der Waals surface area contributed by atoms with Crippen LogP contribution < -0.4 is 10.6 Å². The standard InChI is InChI=1S/C17H16N4O2/c22-17(23)21-6-5-20-16-8-15(10-19-11-16)12-1-2-14-9-18-4-3-13(14)7-12/h1-4,7-11,20-21H,5-6H2,(H,22,23). The van der Waals surface area contributed by atoms with Gasteiger partial charge in [-0.05, 0) is 29.1 Å². The number of nitrogens with one attached hydrogen (secondary N) is 2. The summed E-state index contributed by atoms with van der Waals surface area (Å²) in [7, 11) is 0. The number of hydrogen-bond acceptors (Lipinski definition) is 4.